The van der Waals surface area contributed by atoms with E-state index < -0.39 is 0 Å². The summed E-state index contributed by atoms with van der Waals surface area (Å²) in [6, 6.07) is 4.23. The second-order valence-corrected chi connectivity index (χ2v) is 4.94. The van der Waals surface area contributed by atoms with Crippen LogP contribution in [0, 0.1) is 6.92 Å². The lowest BCUT2D eigenvalue weighted by Crippen LogP contribution is -2.10. The van der Waals surface area contributed by atoms with Crippen LogP contribution in [-0.4, -0.2) is 21.8 Å². The maximum Gasteiger partial charge on any atom is 0.0724 e. The molecule has 1 aliphatic rings. The van der Waals surface area contributed by atoms with E-state index in [1.807, 2.05) is 24.9 Å². The molecule has 2 heterocycles. The molecule has 0 amide bonds. The largest absolute Gasteiger partial charge is 0.316 e. The van der Waals surface area contributed by atoms with E-state index in [1.165, 1.54) is 24.1 Å². The lowest BCUT2D eigenvalue weighted by Gasteiger charge is -2.09. The van der Waals surface area contributed by atoms with Gasteiger partial charge in [-0.1, -0.05) is 0 Å². The molecule has 3 rings (SSSR count). The predicted molar refractivity (Wildman–Crippen MR) is 70.8 cm³/mol. The summed E-state index contributed by atoms with van der Waals surface area (Å²) >= 11 is 0. The fourth-order valence-electron chi connectivity index (χ4n) is 2.18. The Morgan fingerprint density at radius 3 is 3.00 bits per heavy atom. The summed E-state index contributed by atoms with van der Waals surface area (Å²) in [5.41, 5.74) is 4.55. The molecule has 2 aromatic heterocycles. The molecule has 0 saturated heterocycles. The quantitative estimate of drug-likeness (QED) is 0.893. The molecule has 4 heteroatoms. The van der Waals surface area contributed by atoms with E-state index in [1.54, 1.807) is 0 Å². The van der Waals surface area contributed by atoms with Crippen LogP contribution in [0.2, 0.25) is 0 Å². The van der Waals surface area contributed by atoms with E-state index in [2.05, 4.69) is 33.7 Å². The van der Waals surface area contributed by atoms with E-state index in [4.69, 9.17) is 0 Å². The van der Waals surface area contributed by atoms with E-state index in [0.29, 0.717) is 5.92 Å². The minimum absolute atomic E-state index is 0.696. The monoisotopic (exact) mass is 242 g/mol. The van der Waals surface area contributed by atoms with Crippen molar-refractivity contribution in [2.24, 2.45) is 0 Å². The second kappa shape index (κ2) is 4.53. The first kappa shape index (κ1) is 11.4. The standard InChI is InChI=1S/C14H18N4/c1-10-7-14(12(8-15-2)9-16-10)18-6-5-13(17-18)11-3-4-11/h5-7,9,11,15H,3-4,8H2,1-2H3. The smallest absolute Gasteiger partial charge is 0.0724 e. The minimum Gasteiger partial charge on any atom is -0.316 e. The summed E-state index contributed by atoms with van der Waals surface area (Å²) in [7, 11) is 1.95. The molecule has 94 valence electrons. The third-order valence-electron chi connectivity index (χ3n) is 3.32. The molecule has 0 radical (unpaired) electrons. The van der Waals surface area contributed by atoms with Gasteiger partial charge in [-0.3, -0.25) is 4.98 Å². The van der Waals surface area contributed by atoms with Gasteiger partial charge in [-0.15, -0.1) is 0 Å². The van der Waals surface area contributed by atoms with Gasteiger partial charge in [0.05, 0.1) is 11.4 Å². The van der Waals surface area contributed by atoms with Crippen LogP contribution in [0.1, 0.15) is 35.7 Å². The average Bonchev–Trinajstić information content (AvgIpc) is 3.10. The SMILES string of the molecule is CNCc1cnc(C)cc1-n1ccc(C2CC2)n1. The molecule has 0 unspecified atom stereocenters. The Bertz CT molecular complexity index is 555. The number of aryl methyl sites for hydroxylation is 1. The van der Waals surface area contributed by atoms with E-state index >= 15 is 0 Å². The first-order chi connectivity index (χ1) is 8.78. The van der Waals surface area contributed by atoms with Gasteiger partial charge >= 0.3 is 0 Å². The highest BCUT2D eigenvalue weighted by atomic mass is 15.3. The lowest BCUT2D eigenvalue weighted by atomic mass is 10.2. The average molecular weight is 242 g/mol. The van der Waals surface area contributed by atoms with Crippen LogP contribution in [0.25, 0.3) is 5.69 Å². The Kier molecular flexibility index (Phi) is 2.88. The Labute approximate surface area is 107 Å². The topological polar surface area (TPSA) is 42.7 Å². The van der Waals surface area contributed by atoms with E-state index in [0.717, 1.165) is 17.9 Å². The van der Waals surface area contributed by atoms with Gasteiger partial charge in [0.15, 0.2) is 0 Å². The van der Waals surface area contributed by atoms with Gasteiger partial charge in [0.2, 0.25) is 0 Å². The zero-order chi connectivity index (χ0) is 12.5. The number of aromatic nitrogens is 3. The van der Waals surface area contributed by atoms with Gasteiger partial charge in [-0.25, -0.2) is 4.68 Å². The summed E-state index contributed by atoms with van der Waals surface area (Å²) in [6.07, 6.45) is 6.56. The van der Waals surface area contributed by atoms with Gasteiger partial charge in [0.25, 0.3) is 0 Å². The summed E-state index contributed by atoms with van der Waals surface area (Å²) in [5, 5.41) is 7.86. The first-order valence-corrected chi connectivity index (χ1v) is 6.44. The molecule has 0 spiro atoms. The van der Waals surface area contributed by atoms with Gasteiger partial charge < -0.3 is 5.32 Å². The normalized spacial score (nSPS) is 15.0. The first-order valence-electron chi connectivity index (χ1n) is 6.44. The molecule has 0 aliphatic heterocycles. The van der Waals surface area contributed by atoms with Crippen molar-refractivity contribution in [1.29, 1.82) is 0 Å². The molecule has 18 heavy (non-hydrogen) atoms. The maximum absolute atomic E-state index is 4.69. The molecule has 0 bridgehead atoms. The minimum atomic E-state index is 0.696. The number of hydrogen-bond donors (Lipinski definition) is 1. The summed E-state index contributed by atoms with van der Waals surface area (Å²) in [5.74, 6) is 0.696. The van der Waals surface area contributed by atoms with Crippen molar-refractivity contribution in [2.45, 2.75) is 32.2 Å². The third-order valence-corrected chi connectivity index (χ3v) is 3.32. The summed E-state index contributed by atoms with van der Waals surface area (Å²) in [4.78, 5) is 4.36. The van der Waals surface area contributed by atoms with Gasteiger partial charge in [-0.05, 0) is 38.9 Å². The maximum atomic E-state index is 4.69. The molecule has 1 fully saturated rings. The molecular formula is C14H18N4. The lowest BCUT2D eigenvalue weighted by molar-refractivity contribution is 0.772. The van der Waals surface area contributed by atoms with Crippen LogP contribution in [0.3, 0.4) is 0 Å². The molecule has 1 aliphatic carbocycles. The zero-order valence-electron chi connectivity index (χ0n) is 10.8. The van der Waals surface area contributed by atoms with Crippen molar-refractivity contribution in [1.82, 2.24) is 20.1 Å². The van der Waals surface area contributed by atoms with Gasteiger partial charge in [-0.2, -0.15) is 5.10 Å². The van der Waals surface area contributed by atoms with Crippen molar-refractivity contribution in [3.05, 3.63) is 41.5 Å². The van der Waals surface area contributed by atoms with E-state index in [9.17, 15) is 0 Å². The second-order valence-electron chi connectivity index (χ2n) is 4.94. The van der Waals surface area contributed by atoms with Crippen molar-refractivity contribution in [2.75, 3.05) is 7.05 Å². The Morgan fingerprint density at radius 2 is 2.28 bits per heavy atom. The summed E-state index contributed by atoms with van der Waals surface area (Å²) in [6.45, 7) is 2.82. The highest BCUT2D eigenvalue weighted by molar-refractivity contribution is 5.40. The van der Waals surface area contributed by atoms with Crippen LogP contribution in [0.4, 0.5) is 0 Å². The van der Waals surface area contributed by atoms with Gasteiger partial charge in [0, 0.05) is 36.1 Å². The number of hydrogen-bond acceptors (Lipinski definition) is 3. The van der Waals surface area contributed by atoms with Crippen LogP contribution >= 0.6 is 0 Å². The molecular weight excluding hydrogens is 224 g/mol. The fourth-order valence-corrected chi connectivity index (χ4v) is 2.18. The Morgan fingerprint density at radius 1 is 1.44 bits per heavy atom. The molecule has 0 aromatic carbocycles. The third kappa shape index (κ3) is 2.16. The number of nitrogens with zero attached hydrogens (tertiary/aromatic N) is 3. The zero-order valence-corrected chi connectivity index (χ0v) is 10.8. The molecule has 1 N–H and O–H groups in total. The predicted octanol–water partition coefficient (Wildman–Crippen LogP) is 2.17. The van der Waals surface area contributed by atoms with Crippen LogP contribution < -0.4 is 5.32 Å². The highest BCUT2D eigenvalue weighted by Gasteiger charge is 2.26. The van der Waals surface area contributed by atoms with E-state index in [-0.39, 0.29) is 0 Å². The van der Waals surface area contributed by atoms with Crippen molar-refractivity contribution >= 4 is 0 Å². The molecule has 4 nitrogen and oxygen atoms in total. The molecule has 2 aromatic rings. The number of pyridine rings is 1. The molecule has 1 saturated carbocycles. The number of rotatable bonds is 4. The van der Waals surface area contributed by atoms with Crippen molar-refractivity contribution in [3.63, 3.8) is 0 Å². The van der Waals surface area contributed by atoms with Crippen LogP contribution in [-0.2, 0) is 6.54 Å². The Balaban J connectivity index is 1.99. The van der Waals surface area contributed by atoms with Crippen LogP contribution in [0.15, 0.2) is 24.5 Å². The van der Waals surface area contributed by atoms with Crippen molar-refractivity contribution < 1.29 is 0 Å². The number of nitrogens with one attached hydrogen (secondary N) is 1. The van der Waals surface area contributed by atoms with Crippen LogP contribution in [0.5, 0.6) is 0 Å². The summed E-state index contributed by atoms with van der Waals surface area (Å²) < 4.78 is 1.98. The van der Waals surface area contributed by atoms with Gasteiger partial charge in [0.1, 0.15) is 0 Å². The fraction of sp³-hybridized carbons (Fsp3) is 0.429. The van der Waals surface area contributed by atoms with Crippen molar-refractivity contribution in [3.8, 4) is 5.69 Å². The highest BCUT2D eigenvalue weighted by Crippen LogP contribution is 2.39. The molecule has 0 atom stereocenters. The Hall–Kier alpha value is -1.68.